The Hall–Kier alpha value is 0.180. The molecule has 3 unspecified atom stereocenters. The maximum absolute atomic E-state index is 5.98. The van der Waals surface area contributed by atoms with Crippen LogP contribution in [0.5, 0.6) is 0 Å². The van der Waals surface area contributed by atoms with E-state index < -0.39 is 0 Å². The molecule has 0 radical (unpaired) electrons. The predicted molar refractivity (Wildman–Crippen MR) is 53.5 cm³/mol. The lowest BCUT2D eigenvalue weighted by atomic mass is 9.82. The van der Waals surface area contributed by atoms with Crippen LogP contribution in [0.3, 0.4) is 0 Å². The Labute approximate surface area is 82.3 Å². The minimum Gasteiger partial charge on any atom is -0.366 e. The summed E-state index contributed by atoms with van der Waals surface area (Å²) in [5.74, 6) is 0.645. The average Bonchev–Trinajstić information content (AvgIpc) is 2.09. The van der Waals surface area contributed by atoms with Crippen molar-refractivity contribution >= 4 is 15.9 Å². The number of hydrogen-bond donors (Lipinski definition) is 0. The molecule has 2 heteroatoms. The van der Waals surface area contributed by atoms with Gasteiger partial charge in [-0.2, -0.15) is 0 Å². The zero-order chi connectivity index (χ0) is 8.93. The molecule has 1 nitrogen and oxygen atoms in total. The first-order chi connectivity index (χ1) is 5.52. The molecule has 2 bridgehead atoms. The number of fused-ring (bicyclic) bond motifs is 2. The number of allylic oxidation sites excluding steroid dienone is 1. The standard InChI is InChI=1S/C10H15BrO/c1-6-4-5-7-8(11)9(6)12-10(7,2)3/h4,7-9H,5H2,1-3H3. The SMILES string of the molecule is CC1=CCC2C(Br)C1OC2(C)C. The van der Waals surface area contributed by atoms with E-state index in [1.807, 2.05) is 0 Å². The molecule has 1 aliphatic carbocycles. The van der Waals surface area contributed by atoms with Gasteiger partial charge in [0.25, 0.3) is 0 Å². The highest BCUT2D eigenvalue weighted by atomic mass is 79.9. The summed E-state index contributed by atoms with van der Waals surface area (Å²) in [6.07, 6.45) is 3.80. The zero-order valence-corrected chi connectivity index (χ0v) is 9.39. The number of ether oxygens (including phenoxy) is 1. The fraction of sp³-hybridized carbons (Fsp3) is 0.800. The summed E-state index contributed by atoms with van der Waals surface area (Å²) in [7, 11) is 0. The van der Waals surface area contributed by atoms with E-state index in [4.69, 9.17) is 4.74 Å². The van der Waals surface area contributed by atoms with Crippen LogP contribution in [-0.4, -0.2) is 16.5 Å². The van der Waals surface area contributed by atoms with Crippen LogP contribution in [0.25, 0.3) is 0 Å². The minimum absolute atomic E-state index is 0.0487. The summed E-state index contributed by atoms with van der Waals surface area (Å²) in [4.78, 5) is 0.525. The van der Waals surface area contributed by atoms with Crippen molar-refractivity contribution in [2.75, 3.05) is 0 Å². The lowest BCUT2D eigenvalue weighted by Crippen LogP contribution is -2.30. The fourth-order valence-electron chi connectivity index (χ4n) is 2.26. The Morgan fingerprint density at radius 3 is 2.83 bits per heavy atom. The highest BCUT2D eigenvalue weighted by Gasteiger charge is 2.49. The van der Waals surface area contributed by atoms with Crippen LogP contribution in [0.1, 0.15) is 27.2 Å². The van der Waals surface area contributed by atoms with Gasteiger partial charge in [0.2, 0.25) is 0 Å². The van der Waals surface area contributed by atoms with E-state index in [9.17, 15) is 0 Å². The summed E-state index contributed by atoms with van der Waals surface area (Å²) >= 11 is 3.73. The Balaban J connectivity index is 2.33. The van der Waals surface area contributed by atoms with E-state index >= 15 is 0 Å². The number of rotatable bonds is 0. The molecule has 0 spiro atoms. The van der Waals surface area contributed by atoms with Crippen molar-refractivity contribution in [3.8, 4) is 0 Å². The van der Waals surface area contributed by atoms with Crippen molar-refractivity contribution in [2.24, 2.45) is 5.92 Å². The van der Waals surface area contributed by atoms with Gasteiger partial charge in [0.15, 0.2) is 0 Å². The van der Waals surface area contributed by atoms with E-state index in [0.29, 0.717) is 16.8 Å². The normalized spacial score (nSPS) is 44.3. The molecule has 1 aliphatic heterocycles. The van der Waals surface area contributed by atoms with Crippen molar-refractivity contribution in [2.45, 2.75) is 43.7 Å². The Kier molecular flexibility index (Phi) is 1.89. The van der Waals surface area contributed by atoms with Crippen LogP contribution in [0.15, 0.2) is 11.6 Å². The topological polar surface area (TPSA) is 9.23 Å². The summed E-state index contributed by atoms with van der Waals surface area (Å²) in [5.41, 5.74) is 1.44. The quantitative estimate of drug-likeness (QED) is 0.460. The molecule has 0 saturated carbocycles. The lowest BCUT2D eigenvalue weighted by molar-refractivity contribution is -0.0135. The van der Waals surface area contributed by atoms with Crippen molar-refractivity contribution < 1.29 is 4.74 Å². The first-order valence-electron chi connectivity index (χ1n) is 4.51. The summed E-state index contributed by atoms with van der Waals surface area (Å²) in [5, 5.41) is 0. The minimum atomic E-state index is 0.0487. The molecule has 3 atom stereocenters. The molecule has 68 valence electrons. The van der Waals surface area contributed by atoms with Gasteiger partial charge < -0.3 is 4.74 Å². The second-order valence-electron chi connectivity index (χ2n) is 4.38. The third kappa shape index (κ3) is 1.08. The molecule has 1 saturated heterocycles. The van der Waals surface area contributed by atoms with Crippen LogP contribution in [-0.2, 0) is 4.74 Å². The van der Waals surface area contributed by atoms with Crippen LogP contribution in [0, 0.1) is 5.92 Å². The summed E-state index contributed by atoms with van der Waals surface area (Å²) in [6.45, 7) is 6.55. The fourth-order valence-corrected chi connectivity index (χ4v) is 3.64. The molecule has 1 fully saturated rings. The third-order valence-electron chi connectivity index (χ3n) is 3.14. The van der Waals surface area contributed by atoms with Gasteiger partial charge in [-0.15, -0.1) is 0 Å². The zero-order valence-electron chi connectivity index (χ0n) is 7.80. The first kappa shape index (κ1) is 8.76. The maximum atomic E-state index is 5.98. The smallest absolute Gasteiger partial charge is 0.0918 e. The highest BCUT2D eigenvalue weighted by molar-refractivity contribution is 9.09. The largest absolute Gasteiger partial charge is 0.366 e. The van der Waals surface area contributed by atoms with Crippen LogP contribution in [0.2, 0.25) is 0 Å². The van der Waals surface area contributed by atoms with Gasteiger partial charge in [0.05, 0.1) is 16.5 Å². The highest BCUT2D eigenvalue weighted by Crippen LogP contribution is 2.47. The Morgan fingerprint density at radius 1 is 1.58 bits per heavy atom. The average molecular weight is 231 g/mol. The van der Waals surface area contributed by atoms with Crippen LogP contribution in [0.4, 0.5) is 0 Å². The Bertz CT molecular complexity index is 232. The van der Waals surface area contributed by atoms with Crippen LogP contribution < -0.4 is 0 Å². The molecule has 1 heterocycles. The van der Waals surface area contributed by atoms with Crippen molar-refractivity contribution in [3.05, 3.63) is 11.6 Å². The van der Waals surface area contributed by atoms with Gasteiger partial charge in [-0.3, -0.25) is 0 Å². The van der Waals surface area contributed by atoms with Gasteiger partial charge in [-0.05, 0) is 32.8 Å². The molecular formula is C10H15BrO. The predicted octanol–water partition coefficient (Wildman–Crippen LogP) is 2.89. The molecule has 2 aliphatic rings. The monoisotopic (exact) mass is 230 g/mol. The van der Waals surface area contributed by atoms with Crippen molar-refractivity contribution in [3.63, 3.8) is 0 Å². The number of halogens is 1. The second-order valence-corrected chi connectivity index (χ2v) is 5.43. The molecule has 0 amide bonds. The summed E-state index contributed by atoms with van der Waals surface area (Å²) in [6, 6.07) is 0. The van der Waals surface area contributed by atoms with Gasteiger partial charge in [0, 0.05) is 5.92 Å². The first-order valence-corrected chi connectivity index (χ1v) is 5.42. The molecule has 0 aromatic heterocycles. The lowest BCUT2D eigenvalue weighted by Gasteiger charge is -2.26. The van der Waals surface area contributed by atoms with E-state index in [2.05, 4.69) is 42.8 Å². The molecule has 12 heavy (non-hydrogen) atoms. The number of alkyl halides is 1. The molecule has 0 N–H and O–H groups in total. The molecular weight excluding hydrogens is 216 g/mol. The van der Waals surface area contributed by atoms with Crippen LogP contribution >= 0.6 is 15.9 Å². The summed E-state index contributed by atoms with van der Waals surface area (Å²) < 4.78 is 5.98. The third-order valence-corrected chi connectivity index (χ3v) is 4.26. The van der Waals surface area contributed by atoms with Gasteiger partial charge in [0.1, 0.15) is 0 Å². The molecule has 0 aromatic rings. The second kappa shape index (κ2) is 2.58. The maximum Gasteiger partial charge on any atom is 0.0918 e. The molecule has 2 rings (SSSR count). The van der Waals surface area contributed by atoms with E-state index in [1.54, 1.807) is 0 Å². The van der Waals surface area contributed by atoms with Crippen molar-refractivity contribution in [1.82, 2.24) is 0 Å². The van der Waals surface area contributed by atoms with E-state index in [1.165, 1.54) is 5.57 Å². The van der Waals surface area contributed by atoms with Gasteiger partial charge in [-0.25, -0.2) is 0 Å². The Morgan fingerprint density at radius 2 is 2.25 bits per heavy atom. The number of hydrogen-bond acceptors (Lipinski definition) is 1. The van der Waals surface area contributed by atoms with E-state index in [-0.39, 0.29) is 5.60 Å². The molecule has 0 aromatic carbocycles. The van der Waals surface area contributed by atoms with E-state index in [0.717, 1.165) is 6.42 Å². The van der Waals surface area contributed by atoms with Gasteiger partial charge >= 0.3 is 0 Å². The van der Waals surface area contributed by atoms with Gasteiger partial charge in [-0.1, -0.05) is 22.0 Å². The van der Waals surface area contributed by atoms with Crippen molar-refractivity contribution in [1.29, 1.82) is 0 Å².